The smallest absolute Gasteiger partial charge is 0.141 e. The van der Waals surface area contributed by atoms with E-state index in [4.69, 9.17) is 0 Å². The molecule has 98 valence electrons. The van der Waals surface area contributed by atoms with Crippen molar-refractivity contribution in [2.75, 3.05) is 0 Å². The molecule has 0 saturated heterocycles. The van der Waals surface area contributed by atoms with Crippen LogP contribution in [0.25, 0.3) is 16.6 Å². The summed E-state index contributed by atoms with van der Waals surface area (Å²) >= 11 is 0. The van der Waals surface area contributed by atoms with Crippen LogP contribution in [0.15, 0.2) is 24.8 Å². The summed E-state index contributed by atoms with van der Waals surface area (Å²) in [4.78, 5) is 7.70. The van der Waals surface area contributed by atoms with E-state index in [1.54, 1.807) is 5.56 Å². The Morgan fingerprint density at radius 1 is 1.26 bits per heavy atom. The van der Waals surface area contributed by atoms with Gasteiger partial charge in [-0.1, -0.05) is 19.3 Å². The number of aryl methyl sites for hydroxylation is 1. The zero-order chi connectivity index (χ0) is 12.8. The van der Waals surface area contributed by atoms with Gasteiger partial charge in [0.2, 0.25) is 0 Å². The first-order valence-corrected chi connectivity index (χ1v) is 7.28. The van der Waals surface area contributed by atoms with Crippen molar-refractivity contribution in [3.8, 4) is 0 Å². The number of nitrogens with zero attached hydrogens (tertiary/aromatic N) is 2. The maximum atomic E-state index is 4.48. The highest BCUT2D eigenvalue weighted by Crippen LogP contribution is 2.38. The molecule has 4 rings (SSSR count). The highest BCUT2D eigenvalue weighted by atomic mass is 15.0. The Morgan fingerprint density at radius 2 is 2.11 bits per heavy atom. The van der Waals surface area contributed by atoms with E-state index in [1.807, 2.05) is 12.5 Å². The molecule has 1 fully saturated rings. The first-order valence-electron chi connectivity index (χ1n) is 7.28. The molecular formula is C16H19N3. The van der Waals surface area contributed by atoms with Crippen molar-refractivity contribution in [1.29, 1.82) is 0 Å². The van der Waals surface area contributed by atoms with E-state index in [0.29, 0.717) is 0 Å². The lowest BCUT2D eigenvalue weighted by Crippen LogP contribution is -2.05. The molecule has 0 aromatic carbocycles. The van der Waals surface area contributed by atoms with Crippen molar-refractivity contribution in [3.05, 3.63) is 35.9 Å². The summed E-state index contributed by atoms with van der Waals surface area (Å²) in [5, 5.41) is 1.26. The molecule has 0 radical (unpaired) electrons. The Balaban J connectivity index is 2.01. The summed E-state index contributed by atoms with van der Waals surface area (Å²) in [6, 6.07) is 2.16. The molecule has 0 spiro atoms. The molecule has 3 heterocycles. The average molecular weight is 253 g/mol. The number of aromatic nitrogens is 3. The molecule has 3 aromatic rings. The van der Waals surface area contributed by atoms with Crippen LogP contribution in [0.3, 0.4) is 0 Å². The van der Waals surface area contributed by atoms with Crippen molar-refractivity contribution in [3.63, 3.8) is 0 Å². The molecule has 0 atom stereocenters. The lowest BCUT2D eigenvalue weighted by atomic mass is 9.83. The van der Waals surface area contributed by atoms with Crippen LogP contribution >= 0.6 is 0 Å². The normalized spacial score (nSPS) is 17.5. The van der Waals surface area contributed by atoms with Crippen LogP contribution in [-0.4, -0.2) is 14.4 Å². The number of hydrogen-bond acceptors (Lipinski definition) is 1. The van der Waals surface area contributed by atoms with Crippen molar-refractivity contribution in [2.24, 2.45) is 0 Å². The fraction of sp³-hybridized carbons (Fsp3) is 0.438. The Kier molecular flexibility index (Phi) is 2.40. The van der Waals surface area contributed by atoms with Crippen molar-refractivity contribution < 1.29 is 0 Å². The number of fused-ring (bicyclic) bond motifs is 3. The highest BCUT2D eigenvalue weighted by Gasteiger charge is 2.22. The lowest BCUT2D eigenvalue weighted by molar-refractivity contribution is 0.444. The maximum Gasteiger partial charge on any atom is 0.141 e. The fourth-order valence-corrected chi connectivity index (χ4v) is 3.73. The first kappa shape index (κ1) is 11.1. The summed E-state index contributed by atoms with van der Waals surface area (Å²) < 4.78 is 2.20. The molecule has 3 heteroatoms. The average Bonchev–Trinajstić information content (AvgIpc) is 3.02. The van der Waals surface area contributed by atoms with Crippen molar-refractivity contribution in [1.82, 2.24) is 14.4 Å². The van der Waals surface area contributed by atoms with E-state index in [0.717, 1.165) is 11.6 Å². The Bertz CT molecular complexity index is 729. The lowest BCUT2D eigenvalue weighted by Gasteiger charge is -2.22. The molecule has 3 aromatic heterocycles. The minimum atomic E-state index is 0.735. The number of aromatic amines is 1. The number of rotatable bonds is 1. The molecule has 19 heavy (non-hydrogen) atoms. The zero-order valence-corrected chi connectivity index (χ0v) is 11.3. The monoisotopic (exact) mass is 253 g/mol. The second-order valence-corrected chi connectivity index (χ2v) is 5.80. The molecule has 3 nitrogen and oxygen atoms in total. The van der Waals surface area contributed by atoms with E-state index in [2.05, 4.69) is 33.6 Å². The van der Waals surface area contributed by atoms with Gasteiger partial charge in [0.25, 0.3) is 0 Å². The van der Waals surface area contributed by atoms with Gasteiger partial charge in [-0.3, -0.25) is 0 Å². The molecule has 1 saturated carbocycles. The van der Waals surface area contributed by atoms with E-state index >= 15 is 0 Å². The Hall–Kier alpha value is -1.77. The summed E-state index contributed by atoms with van der Waals surface area (Å²) in [6.07, 6.45) is 13.0. The van der Waals surface area contributed by atoms with Crippen LogP contribution in [0.2, 0.25) is 0 Å². The molecule has 0 amide bonds. The third kappa shape index (κ3) is 1.61. The predicted octanol–water partition coefficient (Wildman–Crippen LogP) is 4.17. The van der Waals surface area contributed by atoms with Gasteiger partial charge in [0.05, 0.1) is 5.52 Å². The topological polar surface area (TPSA) is 33.1 Å². The second kappa shape index (κ2) is 4.12. The van der Waals surface area contributed by atoms with Gasteiger partial charge in [-0.2, -0.15) is 0 Å². The molecule has 1 aliphatic rings. The standard InChI is InChI=1S/C16H19N3/c1-11-9-19-10-18-16-13(7-8-17-16)15(19)14(11)12-5-3-2-4-6-12/h7-10,12,17H,2-6H2,1H3. The minimum absolute atomic E-state index is 0.735. The van der Waals surface area contributed by atoms with E-state index in [1.165, 1.54) is 48.6 Å². The molecule has 0 bridgehead atoms. The summed E-state index contributed by atoms with van der Waals surface area (Å²) in [7, 11) is 0. The summed E-state index contributed by atoms with van der Waals surface area (Å²) in [6.45, 7) is 2.25. The van der Waals surface area contributed by atoms with Gasteiger partial charge in [-0.25, -0.2) is 4.98 Å². The molecule has 1 N–H and O–H groups in total. The van der Waals surface area contributed by atoms with E-state index in [9.17, 15) is 0 Å². The molecule has 1 aliphatic carbocycles. The van der Waals surface area contributed by atoms with E-state index < -0.39 is 0 Å². The third-order valence-electron chi connectivity index (χ3n) is 4.58. The van der Waals surface area contributed by atoms with Crippen LogP contribution in [0, 0.1) is 6.92 Å². The van der Waals surface area contributed by atoms with Crippen LogP contribution in [-0.2, 0) is 0 Å². The van der Waals surface area contributed by atoms with Gasteiger partial charge in [-0.15, -0.1) is 0 Å². The van der Waals surface area contributed by atoms with Crippen LogP contribution in [0.4, 0.5) is 0 Å². The van der Waals surface area contributed by atoms with Crippen LogP contribution < -0.4 is 0 Å². The van der Waals surface area contributed by atoms with Gasteiger partial charge in [0.15, 0.2) is 0 Å². The first-order chi connectivity index (χ1) is 9.34. The van der Waals surface area contributed by atoms with Gasteiger partial charge in [0.1, 0.15) is 12.0 Å². The van der Waals surface area contributed by atoms with Gasteiger partial charge in [-0.05, 0) is 42.9 Å². The largest absolute Gasteiger partial charge is 0.346 e. The summed E-state index contributed by atoms with van der Waals surface area (Å²) in [5.41, 5.74) is 5.35. The molecule has 0 unspecified atom stereocenters. The minimum Gasteiger partial charge on any atom is -0.346 e. The van der Waals surface area contributed by atoms with Crippen LogP contribution in [0.1, 0.15) is 49.1 Å². The fourth-order valence-electron chi connectivity index (χ4n) is 3.73. The quantitative estimate of drug-likeness (QED) is 0.693. The Morgan fingerprint density at radius 3 is 2.95 bits per heavy atom. The van der Waals surface area contributed by atoms with Crippen molar-refractivity contribution >= 4 is 16.6 Å². The number of hydrogen-bond donors (Lipinski definition) is 1. The highest BCUT2D eigenvalue weighted by molar-refractivity contribution is 5.94. The third-order valence-corrected chi connectivity index (χ3v) is 4.58. The van der Waals surface area contributed by atoms with Crippen LogP contribution in [0.5, 0.6) is 0 Å². The SMILES string of the molecule is Cc1cn2cnc3[nH]ccc3c2c1C1CCCCC1. The molecule has 0 aliphatic heterocycles. The molecular weight excluding hydrogens is 234 g/mol. The number of H-pyrrole nitrogens is 1. The van der Waals surface area contributed by atoms with Gasteiger partial charge < -0.3 is 9.38 Å². The maximum absolute atomic E-state index is 4.48. The number of nitrogens with one attached hydrogen (secondary N) is 1. The zero-order valence-electron chi connectivity index (χ0n) is 11.3. The predicted molar refractivity (Wildman–Crippen MR) is 77.6 cm³/mol. The summed E-state index contributed by atoms with van der Waals surface area (Å²) in [5.74, 6) is 0.735. The second-order valence-electron chi connectivity index (χ2n) is 5.80. The van der Waals surface area contributed by atoms with E-state index in [-0.39, 0.29) is 0 Å². The van der Waals surface area contributed by atoms with Gasteiger partial charge >= 0.3 is 0 Å². The van der Waals surface area contributed by atoms with Gasteiger partial charge in [0, 0.05) is 17.8 Å². The van der Waals surface area contributed by atoms with Crippen molar-refractivity contribution in [2.45, 2.75) is 44.9 Å². The Labute approximate surface area is 112 Å².